The summed E-state index contributed by atoms with van der Waals surface area (Å²) < 4.78 is 20.9. The molecular weight excluding hydrogens is 684 g/mol. The third kappa shape index (κ3) is 6.16. The molecule has 5 rings (SSSR count). The second-order valence-corrected chi connectivity index (χ2v) is 12.4. The largest absolute Gasteiger partial charge is 0.493 e. The van der Waals surface area contributed by atoms with E-state index in [1.165, 1.54) is 11.3 Å². The summed E-state index contributed by atoms with van der Waals surface area (Å²) in [6.45, 7) is 6.12. The van der Waals surface area contributed by atoms with Crippen molar-refractivity contribution in [1.82, 2.24) is 4.57 Å². The van der Waals surface area contributed by atoms with Crippen molar-refractivity contribution in [2.75, 3.05) is 13.7 Å². The lowest BCUT2D eigenvalue weighted by atomic mass is 9.95. The van der Waals surface area contributed by atoms with E-state index in [9.17, 15) is 9.59 Å². The molecule has 0 saturated heterocycles. The number of halogens is 2. The van der Waals surface area contributed by atoms with Crippen LogP contribution in [0.1, 0.15) is 42.1 Å². The lowest BCUT2D eigenvalue weighted by molar-refractivity contribution is -0.139. The van der Waals surface area contributed by atoms with Crippen LogP contribution in [0.25, 0.3) is 6.08 Å². The summed E-state index contributed by atoms with van der Waals surface area (Å²) in [7, 11) is 1.58. The van der Waals surface area contributed by atoms with E-state index >= 15 is 0 Å². The average Bonchev–Trinajstić information content (AvgIpc) is 3.27. The number of fused-ring (bicyclic) bond motifs is 1. The van der Waals surface area contributed by atoms with Crippen LogP contribution in [0.15, 0.2) is 90.7 Å². The molecule has 2 heterocycles. The van der Waals surface area contributed by atoms with E-state index in [0.29, 0.717) is 38.7 Å². The summed E-state index contributed by atoms with van der Waals surface area (Å²) in [5.41, 5.74) is 4.27. The summed E-state index contributed by atoms with van der Waals surface area (Å²) in [5, 5.41) is 0. The molecule has 1 aliphatic heterocycles. The molecule has 0 aliphatic carbocycles. The first kappa shape index (κ1) is 30.0. The number of methoxy groups -OCH3 is 1. The van der Waals surface area contributed by atoms with Gasteiger partial charge in [-0.15, -0.1) is 0 Å². The molecule has 0 saturated carbocycles. The first-order valence-corrected chi connectivity index (χ1v) is 15.6. The summed E-state index contributed by atoms with van der Waals surface area (Å²) in [6, 6.07) is 18.7. The van der Waals surface area contributed by atoms with Gasteiger partial charge in [-0.1, -0.05) is 85.2 Å². The SMILES string of the molecule is CCOC(=O)C1=C(C)N=c2s/c(=C/c3cc(OC)c(OCc4ccc(Br)cc4)cc3Br)c(=O)n2[C@H]1c1ccc(C)cc1. The van der Waals surface area contributed by atoms with Crippen molar-refractivity contribution in [3.05, 3.63) is 123 Å². The van der Waals surface area contributed by atoms with Crippen molar-refractivity contribution in [1.29, 1.82) is 0 Å². The van der Waals surface area contributed by atoms with Crippen LogP contribution in [0.2, 0.25) is 0 Å². The van der Waals surface area contributed by atoms with E-state index < -0.39 is 12.0 Å². The average molecular weight is 712 g/mol. The number of thiazole rings is 1. The molecule has 4 aromatic rings. The molecular formula is C32H28Br2N2O5S. The van der Waals surface area contributed by atoms with Crippen molar-refractivity contribution >= 4 is 55.2 Å². The quantitative estimate of drug-likeness (QED) is 0.203. The second-order valence-electron chi connectivity index (χ2n) is 9.65. The van der Waals surface area contributed by atoms with E-state index in [4.69, 9.17) is 14.2 Å². The Kier molecular flexibility index (Phi) is 9.15. The molecule has 1 aliphatic rings. The number of nitrogens with zero attached hydrogens (tertiary/aromatic N) is 2. The minimum atomic E-state index is -0.657. The molecule has 216 valence electrons. The lowest BCUT2D eigenvalue weighted by Gasteiger charge is -2.24. The number of rotatable bonds is 8. The van der Waals surface area contributed by atoms with Gasteiger partial charge in [0.15, 0.2) is 16.3 Å². The Morgan fingerprint density at radius 3 is 2.43 bits per heavy atom. The number of carbonyl (C=O) groups excluding carboxylic acids is 1. The van der Waals surface area contributed by atoms with Gasteiger partial charge in [0, 0.05) is 8.95 Å². The minimum absolute atomic E-state index is 0.222. The Hall–Kier alpha value is -3.47. The van der Waals surface area contributed by atoms with E-state index in [-0.39, 0.29) is 12.2 Å². The highest BCUT2D eigenvalue weighted by Crippen LogP contribution is 2.35. The number of allylic oxidation sites excluding steroid dienone is 1. The molecule has 1 aromatic heterocycles. The molecule has 0 unspecified atom stereocenters. The van der Waals surface area contributed by atoms with Gasteiger partial charge in [0.25, 0.3) is 5.56 Å². The fraction of sp³-hybridized carbons (Fsp3) is 0.219. The number of hydrogen-bond donors (Lipinski definition) is 0. The normalized spacial score (nSPS) is 14.8. The number of ether oxygens (including phenoxy) is 3. The van der Waals surface area contributed by atoms with E-state index in [0.717, 1.165) is 31.2 Å². The highest BCUT2D eigenvalue weighted by atomic mass is 79.9. The Morgan fingerprint density at radius 1 is 1.05 bits per heavy atom. The van der Waals surface area contributed by atoms with Gasteiger partial charge in [-0.05, 0) is 67.8 Å². The van der Waals surface area contributed by atoms with E-state index in [1.807, 2.05) is 67.6 Å². The van der Waals surface area contributed by atoms with Crippen molar-refractivity contribution in [2.45, 2.75) is 33.4 Å². The number of hydrogen-bond acceptors (Lipinski definition) is 7. The summed E-state index contributed by atoms with van der Waals surface area (Å²) in [6.07, 6.45) is 1.80. The standard InChI is InChI=1S/C32H28Br2N2O5S/c1-5-40-31(38)28-19(3)35-32-36(29(28)21-10-6-18(2)7-11-21)30(37)27(42-32)15-22-14-25(39-4)26(16-24(22)34)41-17-20-8-12-23(33)13-9-20/h6-16,29H,5,17H2,1-4H3/b27-15+/t29-/m0/s1. The predicted molar refractivity (Wildman–Crippen MR) is 171 cm³/mol. The molecule has 0 radical (unpaired) electrons. The molecule has 10 heteroatoms. The highest BCUT2D eigenvalue weighted by molar-refractivity contribution is 9.10. The van der Waals surface area contributed by atoms with Crippen molar-refractivity contribution < 1.29 is 19.0 Å². The van der Waals surface area contributed by atoms with Crippen LogP contribution in [-0.2, 0) is 16.1 Å². The zero-order valence-corrected chi connectivity index (χ0v) is 27.4. The number of aromatic nitrogens is 1. The van der Waals surface area contributed by atoms with Crippen LogP contribution in [0.4, 0.5) is 0 Å². The molecule has 0 bridgehead atoms. The minimum Gasteiger partial charge on any atom is -0.493 e. The number of esters is 1. The van der Waals surface area contributed by atoms with Gasteiger partial charge >= 0.3 is 5.97 Å². The highest BCUT2D eigenvalue weighted by Gasteiger charge is 2.33. The van der Waals surface area contributed by atoms with Gasteiger partial charge in [0.1, 0.15) is 6.61 Å². The van der Waals surface area contributed by atoms with Crippen LogP contribution in [0.5, 0.6) is 11.5 Å². The molecule has 3 aromatic carbocycles. The van der Waals surface area contributed by atoms with Crippen molar-refractivity contribution in [3.63, 3.8) is 0 Å². The molecule has 1 atom stereocenters. The van der Waals surface area contributed by atoms with Crippen molar-refractivity contribution in [2.24, 2.45) is 4.99 Å². The van der Waals surface area contributed by atoms with E-state index in [1.54, 1.807) is 31.6 Å². The maximum atomic E-state index is 14.0. The van der Waals surface area contributed by atoms with Gasteiger partial charge in [0.05, 0.1) is 35.6 Å². The fourth-order valence-electron chi connectivity index (χ4n) is 4.67. The maximum absolute atomic E-state index is 14.0. The molecule has 0 spiro atoms. The topological polar surface area (TPSA) is 79.1 Å². The van der Waals surface area contributed by atoms with Gasteiger partial charge in [-0.3, -0.25) is 9.36 Å². The zero-order valence-electron chi connectivity index (χ0n) is 23.4. The Labute approximate surface area is 264 Å². The number of aryl methyl sites for hydroxylation is 1. The first-order valence-electron chi connectivity index (χ1n) is 13.2. The summed E-state index contributed by atoms with van der Waals surface area (Å²) in [5.74, 6) is 0.622. The van der Waals surface area contributed by atoms with Gasteiger partial charge in [-0.2, -0.15) is 0 Å². The lowest BCUT2D eigenvalue weighted by Crippen LogP contribution is -2.39. The van der Waals surface area contributed by atoms with Crippen LogP contribution in [-0.4, -0.2) is 24.3 Å². The Bertz CT molecular complexity index is 1860. The van der Waals surface area contributed by atoms with Crippen LogP contribution in [0.3, 0.4) is 0 Å². The number of benzene rings is 3. The predicted octanol–water partition coefficient (Wildman–Crippen LogP) is 6.22. The van der Waals surface area contributed by atoms with Crippen LogP contribution >= 0.6 is 43.2 Å². The van der Waals surface area contributed by atoms with Gasteiger partial charge < -0.3 is 14.2 Å². The second kappa shape index (κ2) is 12.8. The van der Waals surface area contributed by atoms with Gasteiger partial charge in [0.2, 0.25) is 0 Å². The third-order valence-electron chi connectivity index (χ3n) is 6.79. The van der Waals surface area contributed by atoms with Crippen LogP contribution < -0.4 is 24.4 Å². The summed E-state index contributed by atoms with van der Waals surface area (Å²) in [4.78, 5) is 32.2. The Morgan fingerprint density at radius 2 is 1.76 bits per heavy atom. The number of carbonyl (C=O) groups is 1. The first-order chi connectivity index (χ1) is 20.2. The zero-order chi connectivity index (χ0) is 30.0. The molecule has 7 nitrogen and oxygen atoms in total. The summed E-state index contributed by atoms with van der Waals surface area (Å²) >= 11 is 8.36. The molecule has 0 N–H and O–H groups in total. The van der Waals surface area contributed by atoms with Crippen molar-refractivity contribution in [3.8, 4) is 11.5 Å². The third-order valence-corrected chi connectivity index (χ3v) is 8.99. The molecule has 0 fully saturated rings. The fourth-order valence-corrected chi connectivity index (χ4v) is 6.41. The maximum Gasteiger partial charge on any atom is 0.338 e. The Balaban J connectivity index is 1.57. The monoisotopic (exact) mass is 710 g/mol. The molecule has 42 heavy (non-hydrogen) atoms. The van der Waals surface area contributed by atoms with Gasteiger partial charge in [-0.25, -0.2) is 9.79 Å². The molecule has 0 amide bonds. The smallest absolute Gasteiger partial charge is 0.338 e. The van der Waals surface area contributed by atoms with E-state index in [2.05, 4.69) is 36.9 Å². The van der Waals surface area contributed by atoms with Crippen LogP contribution in [0, 0.1) is 6.92 Å².